The lowest BCUT2D eigenvalue weighted by atomic mass is 10.1. The minimum atomic E-state index is -0.00570. The Hall–Kier alpha value is 1.39. The Bertz CT molecular complexity index is 96.9. The van der Waals surface area contributed by atoms with Crippen LogP contribution in [-0.2, 0) is 0 Å². The van der Waals surface area contributed by atoms with Crippen molar-refractivity contribution in [3.05, 3.63) is 0 Å². The molecule has 0 rings (SSSR count). The molecule has 0 saturated heterocycles. The van der Waals surface area contributed by atoms with Crippen molar-refractivity contribution >= 4 is 36.3 Å². The maximum Gasteiger partial charge on any atom is 0.0346 e. The first-order valence-corrected chi connectivity index (χ1v) is 10.9. The van der Waals surface area contributed by atoms with Crippen molar-refractivity contribution in [2.45, 2.75) is 58.3 Å². The molecular formula is C10H21Br2P. The summed E-state index contributed by atoms with van der Waals surface area (Å²) in [5, 5.41) is -0.00570. The minimum absolute atomic E-state index is 0.00570. The van der Waals surface area contributed by atoms with Crippen LogP contribution in [0.15, 0.2) is 0 Å². The van der Waals surface area contributed by atoms with Crippen LogP contribution in [0.5, 0.6) is 0 Å². The molecule has 0 fully saturated rings. The van der Waals surface area contributed by atoms with Gasteiger partial charge in [0.15, 0.2) is 0 Å². The summed E-state index contributed by atoms with van der Waals surface area (Å²) in [4.78, 5) is 0. The van der Waals surface area contributed by atoms with Crippen molar-refractivity contribution in [3.8, 4) is 0 Å². The van der Waals surface area contributed by atoms with Crippen molar-refractivity contribution in [2.75, 3.05) is 6.16 Å². The highest BCUT2D eigenvalue weighted by Gasteiger charge is 1.96. The van der Waals surface area contributed by atoms with Crippen molar-refractivity contribution < 1.29 is 0 Å². The van der Waals surface area contributed by atoms with Crippen LogP contribution in [0.1, 0.15) is 58.3 Å². The van der Waals surface area contributed by atoms with Crippen LogP contribution in [0, 0.1) is 0 Å². The van der Waals surface area contributed by atoms with Crippen LogP contribution in [-0.4, -0.2) is 6.16 Å². The zero-order chi connectivity index (χ0) is 9.94. The summed E-state index contributed by atoms with van der Waals surface area (Å²) < 4.78 is 0. The van der Waals surface area contributed by atoms with Crippen LogP contribution < -0.4 is 0 Å². The van der Waals surface area contributed by atoms with Crippen LogP contribution in [0.2, 0.25) is 0 Å². The van der Waals surface area contributed by atoms with Crippen molar-refractivity contribution in [3.63, 3.8) is 0 Å². The molecule has 0 N–H and O–H groups in total. The van der Waals surface area contributed by atoms with E-state index in [4.69, 9.17) is 0 Å². The number of hydrogen-bond acceptors (Lipinski definition) is 0. The Balaban J connectivity index is 2.84. The highest BCUT2D eigenvalue weighted by Crippen LogP contribution is 2.52. The Morgan fingerprint density at radius 2 is 1.23 bits per heavy atom. The first-order chi connectivity index (χ1) is 6.27. The average molecular weight is 332 g/mol. The van der Waals surface area contributed by atoms with Gasteiger partial charge in [0.2, 0.25) is 0 Å². The largest absolute Gasteiger partial charge is 0.0654 e. The highest BCUT2D eigenvalue weighted by molar-refractivity contribution is 9.69. The quantitative estimate of drug-likeness (QED) is 0.347. The van der Waals surface area contributed by atoms with E-state index in [0.717, 1.165) is 0 Å². The lowest BCUT2D eigenvalue weighted by Crippen LogP contribution is -1.81. The first kappa shape index (κ1) is 14.4. The van der Waals surface area contributed by atoms with Crippen molar-refractivity contribution in [1.29, 1.82) is 0 Å². The van der Waals surface area contributed by atoms with E-state index in [2.05, 4.69) is 37.9 Å². The summed E-state index contributed by atoms with van der Waals surface area (Å²) in [7, 11) is 0. The molecule has 0 aromatic rings. The zero-order valence-corrected chi connectivity index (χ0v) is 12.6. The summed E-state index contributed by atoms with van der Waals surface area (Å²) in [5.41, 5.74) is 0. The van der Waals surface area contributed by atoms with Crippen LogP contribution >= 0.6 is 36.3 Å². The fraction of sp³-hybridized carbons (Fsp3) is 1.00. The SMILES string of the molecule is CCCCCCCCCCP(Br)Br. The third kappa shape index (κ3) is 13.4. The van der Waals surface area contributed by atoms with E-state index in [0.29, 0.717) is 0 Å². The van der Waals surface area contributed by atoms with Gasteiger partial charge in [-0.2, -0.15) is 0 Å². The van der Waals surface area contributed by atoms with E-state index in [-0.39, 0.29) is 5.33 Å². The molecule has 0 aromatic carbocycles. The molecule has 0 saturated carbocycles. The molecule has 0 bridgehead atoms. The number of hydrogen-bond donors (Lipinski definition) is 0. The van der Waals surface area contributed by atoms with Gasteiger partial charge < -0.3 is 0 Å². The molecule has 0 radical (unpaired) electrons. The number of rotatable bonds is 9. The van der Waals surface area contributed by atoms with E-state index in [1.54, 1.807) is 0 Å². The molecule has 13 heavy (non-hydrogen) atoms. The normalized spacial score (nSPS) is 11.1. The van der Waals surface area contributed by atoms with E-state index in [1.807, 2.05) is 0 Å². The summed E-state index contributed by atoms with van der Waals surface area (Å²) in [6.07, 6.45) is 12.7. The van der Waals surface area contributed by atoms with Gasteiger partial charge in [-0.15, -0.1) is 0 Å². The second-order valence-corrected chi connectivity index (χ2v) is 12.5. The monoisotopic (exact) mass is 330 g/mol. The summed E-state index contributed by atoms with van der Waals surface area (Å²) in [6, 6.07) is 0. The molecule has 0 atom stereocenters. The van der Waals surface area contributed by atoms with Gasteiger partial charge in [-0.3, -0.25) is 0 Å². The first-order valence-electron chi connectivity index (χ1n) is 5.36. The average Bonchev–Trinajstić information content (AvgIpc) is 2.09. The predicted octanol–water partition coefficient (Wildman–Crippen LogP) is 6.23. The smallest absolute Gasteiger partial charge is 0.0346 e. The van der Waals surface area contributed by atoms with Crippen molar-refractivity contribution in [1.82, 2.24) is 0 Å². The van der Waals surface area contributed by atoms with Gasteiger partial charge >= 0.3 is 0 Å². The Morgan fingerprint density at radius 1 is 0.769 bits per heavy atom. The van der Waals surface area contributed by atoms with E-state index >= 15 is 0 Å². The summed E-state index contributed by atoms with van der Waals surface area (Å²) >= 11 is 7.12. The second kappa shape index (κ2) is 11.5. The van der Waals surface area contributed by atoms with E-state index < -0.39 is 0 Å². The molecule has 80 valence electrons. The maximum atomic E-state index is 3.56. The Kier molecular flexibility index (Phi) is 12.7. The Morgan fingerprint density at radius 3 is 1.69 bits per heavy atom. The lowest BCUT2D eigenvalue weighted by Gasteiger charge is -2.02. The lowest BCUT2D eigenvalue weighted by molar-refractivity contribution is 0.586. The van der Waals surface area contributed by atoms with Gasteiger partial charge in [0.1, 0.15) is 0 Å². The predicted molar refractivity (Wildman–Crippen MR) is 72.3 cm³/mol. The number of unbranched alkanes of at least 4 members (excludes halogenated alkanes) is 7. The van der Waals surface area contributed by atoms with Gasteiger partial charge in [-0.1, -0.05) is 51.9 Å². The van der Waals surface area contributed by atoms with E-state index in [9.17, 15) is 0 Å². The number of halogens is 2. The maximum absolute atomic E-state index is 3.56. The third-order valence-corrected chi connectivity index (χ3v) is 4.96. The molecule has 0 nitrogen and oxygen atoms in total. The molecule has 0 spiro atoms. The molecule has 0 aliphatic rings. The van der Waals surface area contributed by atoms with Crippen molar-refractivity contribution in [2.24, 2.45) is 0 Å². The molecule has 0 aromatic heterocycles. The molecule has 0 amide bonds. The third-order valence-electron chi connectivity index (χ3n) is 2.18. The topological polar surface area (TPSA) is 0 Å². The second-order valence-electron chi connectivity index (χ2n) is 3.50. The molecule has 3 heteroatoms. The molecule has 0 aliphatic carbocycles. The Labute approximate surface area is 100 Å². The fourth-order valence-corrected chi connectivity index (χ4v) is 3.33. The van der Waals surface area contributed by atoms with E-state index in [1.165, 1.54) is 57.5 Å². The van der Waals surface area contributed by atoms with Gasteiger partial charge in [-0.05, 0) is 43.6 Å². The molecule has 0 unspecified atom stereocenters. The van der Waals surface area contributed by atoms with Gasteiger partial charge in [0, 0.05) is 5.33 Å². The van der Waals surface area contributed by atoms with Crippen LogP contribution in [0.4, 0.5) is 0 Å². The molecular weight excluding hydrogens is 311 g/mol. The summed E-state index contributed by atoms with van der Waals surface area (Å²) in [5.74, 6) is 0. The summed E-state index contributed by atoms with van der Waals surface area (Å²) in [6.45, 7) is 2.27. The van der Waals surface area contributed by atoms with Gasteiger partial charge in [0.05, 0.1) is 0 Å². The fourth-order valence-electron chi connectivity index (χ4n) is 1.37. The highest BCUT2D eigenvalue weighted by atomic mass is 79.9. The molecule has 0 heterocycles. The van der Waals surface area contributed by atoms with Gasteiger partial charge in [0.25, 0.3) is 0 Å². The van der Waals surface area contributed by atoms with Crippen LogP contribution in [0.3, 0.4) is 0 Å². The van der Waals surface area contributed by atoms with Crippen LogP contribution in [0.25, 0.3) is 0 Å². The molecule has 0 aliphatic heterocycles. The minimum Gasteiger partial charge on any atom is -0.0654 e. The zero-order valence-electron chi connectivity index (χ0n) is 8.57. The van der Waals surface area contributed by atoms with Gasteiger partial charge in [-0.25, -0.2) is 0 Å². The standard InChI is InChI=1S/C10H21Br2P/c1-2-3-4-5-6-7-8-9-10-13(11)12/h2-10H2,1H3.